The Balaban J connectivity index is 2.31. The lowest BCUT2D eigenvalue weighted by Gasteiger charge is -2.18. The van der Waals surface area contributed by atoms with Gasteiger partial charge in [0.1, 0.15) is 0 Å². The second-order valence-electron chi connectivity index (χ2n) is 3.05. The van der Waals surface area contributed by atoms with Gasteiger partial charge in [0.25, 0.3) is 0 Å². The SMILES string of the molecule is C=CC(=O)NC(C)C1CCCO1. The van der Waals surface area contributed by atoms with Gasteiger partial charge in [0.2, 0.25) is 5.91 Å². The fourth-order valence-corrected chi connectivity index (χ4v) is 1.37. The highest BCUT2D eigenvalue weighted by Crippen LogP contribution is 2.15. The lowest BCUT2D eigenvalue weighted by atomic mass is 10.1. The average Bonchev–Trinajstić information content (AvgIpc) is 2.56. The molecule has 0 aromatic heterocycles. The van der Waals surface area contributed by atoms with Gasteiger partial charge in [0, 0.05) is 6.61 Å². The molecule has 1 N–H and O–H groups in total. The highest BCUT2D eigenvalue weighted by Gasteiger charge is 2.22. The molecule has 0 aromatic rings. The summed E-state index contributed by atoms with van der Waals surface area (Å²) in [5.41, 5.74) is 0. The summed E-state index contributed by atoms with van der Waals surface area (Å²) < 4.78 is 5.41. The van der Waals surface area contributed by atoms with Gasteiger partial charge in [-0.1, -0.05) is 6.58 Å². The van der Waals surface area contributed by atoms with E-state index in [2.05, 4.69) is 11.9 Å². The third-order valence-electron chi connectivity index (χ3n) is 2.08. The number of carbonyl (C=O) groups excluding carboxylic acids is 1. The number of amides is 1. The average molecular weight is 169 g/mol. The molecule has 1 fully saturated rings. The summed E-state index contributed by atoms with van der Waals surface area (Å²) in [6.45, 7) is 6.16. The Kier molecular flexibility index (Phi) is 3.29. The molecule has 1 heterocycles. The predicted octanol–water partition coefficient (Wildman–Crippen LogP) is 0.856. The van der Waals surface area contributed by atoms with Crippen LogP contribution in [0.1, 0.15) is 19.8 Å². The quantitative estimate of drug-likeness (QED) is 0.636. The van der Waals surface area contributed by atoms with Gasteiger partial charge in [-0.25, -0.2) is 0 Å². The zero-order valence-corrected chi connectivity index (χ0v) is 7.38. The van der Waals surface area contributed by atoms with Crippen molar-refractivity contribution >= 4 is 5.91 Å². The summed E-state index contributed by atoms with van der Waals surface area (Å²) in [4.78, 5) is 10.9. The summed E-state index contributed by atoms with van der Waals surface area (Å²) in [5, 5.41) is 2.79. The van der Waals surface area contributed by atoms with Crippen LogP contribution in [0.3, 0.4) is 0 Å². The van der Waals surface area contributed by atoms with Crippen LogP contribution in [0.15, 0.2) is 12.7 Å². The fraction of sp³-hybridized carbons (Fsp3) is 0.667. The van der Waals surface area contributed by atoms with Crippen LogP contribution in [0.5, 0.6) is 0 Å². The summed E-state index contributed by atoms with van der Waals surface area (Å²) in [6.07, 6.45) is 3.61. The van der Waals surface area contributed by atoms with Crippen molar-refractivity contribution in [3.05, 3.63) is 12.7 Å². The van der Waals surface area contributed by atoms with E-state index in [4.69, 9.17) is 4.74 Å². The van der Waals surface area contributed by atoms with Crippen molar-refractivity contribution in [1.29, 1.82) is 0 Å². The molecule has 0 aliphatic carbocycles. The van der Waals surface area contributed by atoms with E-state index < -0.39 is 0 Å². The standard InChI is InChI=1S/C9H15NO2/c1-3-9(11)10-7(2)8-5-4-6-12-8/h3,7-8H,1,4-6H2,2H3,(H,10,11). The summed E-state index contributed by atoms with van der Waals surface area (Å²) in [6, 6.07) is 0.0954. The van der Waals surface area contributed by atoms with E-state index in [0.717, 1.165) is 19.4 Å². The molecule has 12 heavy (non-hydrogen) atoms. The second kappa shape index (κ2) is 4.26. The summed E-state index contributed by atoms with van der Waals surface area (Å²) >= 11 is 0. The Bertz CT molecular complexity index is 173. The number of ether oxygens (including phenoxy) is 1. The first-order valence-electron chi connectivity index (χ1n) is 4.28. The molecule has 68 valence electrons. The molecule has 0 saturated carbocycles. The van der Waals surface area contributed by atoms with Gasteiger partial charge < -0.3 is 10.1 Å². The van der Waals surface area contributed by atoms with Gasteiger partial charge in [-0.2, -0.15) is 0 Å². The van der Waals surface area contributed by atoms with Crippen molar-refractivity contribution < 1.29 is 9.53 Å². The molecular formula is C9H15NO2. The predicted molar refractivity (Wildman–Crippen MR) is 46.8 cm³/mol. The molecule has 3 nitrogen and oxygen atoms in total. The largest absolute Gasteiger partial charge is 0.376 e. The van der Waals surface area contributed by atoms with Crippen molar-refractivity contribution in [1.82, 2.24) is 5.32 Å². The molecule has 2 unspecified atom stereocenters. The molecule has 1 rings (SSSR count). The molecule has 0 radical (unpaired) electrons. The van der Waals surface area contributed by atoms with Crippen molar-refractivity contribution in [3.8, 4) is 0 Å². The first-order valence-corrected chi connectivity index (χ1v) is 4.28. The maximum Gasteiger partial charge on any atom is 0.243 e. The van der Waals surface area contributed by atoms with Crippen LogP contribution < -0.4 is 5.32 Å². The zero-order chi connectivity index (χ0) is 8.97. The van der Waals surface area contributed by atoms with Gasteiger partial charge in [-0.15, -0.1) is 0 Å². The Hall–Kier alpha value is -0.830. The minimum absolute atomic E-state index is 0.0954. The van der Waals surface area contributed by atoms with E-state index >= 15 is 0 Å². The first-order chi connectivity index (χ1) is 5.74. The number of rotatable bonds is 3. The summed E-state index contributed by atoms with van der Waals surface area (Å²) in [5.74, 6) is -0.127. The van der Waals surface area contributed by atoms with Gasteiger partial charge in [-0.3, -0.25) is 4.79 Å². The highest BCUT2D eigenvalue weighted by atomic mass is 16.5. The van der Waals surface area contributed by atoms with Crippen molar-refractivity contribution in [2.75, 3.05) is 6.61 Å². The molecular weight excluding hydrogens is 154 g/mol. The molecule has 1 amide bonds. The third kappa shape index (κ3) is 2.34. The normalized spacial score (nSPS) is 24.9. The van der Waals surface area contributed by atoms with Crippen molar-refractivity contribution in [2.24, 2.45) is 0 Å². The molecule has 1 saturated heterocycles. The maximum absolute atomic E-state index is 10.9. The number of hydrogen-bond donors (Lipinski definition) is 1. The summed E-state index contributed by atoms with van der Waals surface area (Å²) in [7, 11) is 0. The van der Waals surface area contributed by atoms with Gasteiger partial charge >= 0.3 is 0 Å². The van der Waals surface area contributed by atoms with Crippen LogP contribution in [0.2, 0.25) is 0 Å². The second-order valence-corrected chi connectivity index (χ2v) is 3.05. The van der Waals surface area contributed by atoms with Crippen LogP contribution >= 0.6 is 0 Å². The zero-order valence-electron chi connectivity index (χ0n) is 7.38. The Labute approximate surface area is 72.8 Å². The van der Waals surface area contributed by atoms with Gasteiger partial charge in [0.05, 0.1) is 12.1 Å². The van der Waals surface area contributed by atoms with Crippen molar-refractivity contribution in [2.45, 2.75) is 31.9 Å². The lowest BCUT2D eigenvalue weighted by Crippen LogP contribution is -2.39. The van der Waals surface area contributed by atoms with E-state index in [-0.39, 0.29) is 18.1 Å². The number of hydrogen-bond acceptors (Lipinski definition) is 2. The molecule has 3 heteroatoms. The van der Waals surface area contributed by atoms with E-state index in [1.807, 2.05) is 6.92 Å². The first kappa shape index (κ1) is 9.26. The van der Waals surface area contributed by atoms with Crippen LogP contribution in [0.25, 0.3) is 0 Å². The molecule has 0 spiro atoms. The van der Waals surface area contributed by atoms with Crippen LogP contribution in [0, 0.1) is 0 Å². The maximum atomic E-state index is 10.9. The Morgan fingerprint density at radius 1 is 1.83 bits per heavy atom. The molecule has 2 atom stereocenters. The van der Waals surface area contributed by atoms with Crippen molar-refractivity contribution in [3.63, 3.8) is 0 Å². The van der Waals surface area contributed by atoms with E-state index in [1.54, 1.807) is 0 Å². The Morgan fingerprint density at radius 3 is 3.08 bits per heavy atom. The van der Waals surface area contributed by atoms with Crippen LogP contribution in [0.4, 0.5) is 0 Å². The molecule has 0 aromatic carbocycles. The highest BCUT2D eigenvalue weighted by molar-refractivity contribution is 5.87. The van der Waals surface area contributed by atoms with Crippen LogP contribution in [-0.2, 0) is 9.53 Å². The monoisotopic (exact) mass is 169 g/mol. The van der Waals surface area contributed by atoms with Crippen LogP contribution in [-0.4, -0.2) is 24.7 Å². The third-order valence-corrected chi connectivity index (χ3v) is 2.08. The Morgan fingerprint density at radius 2 is 2.58 bits per heavy atom. The number of nitrogens with one attached hydrogen (secondary N) is 1. The topological polar surface area (TPSA) is 38.3 Å². The fourth-order valence-electron chi connectivity index (χ4n) is 1.37. The minimum atomic E-state index is -0.127. The molecule has 0 bridgehead atoms. The van der Waals surface area contributed by atoms with Gasteiger partial charge in [0.15, 0.2) is 0 Å². The minimum Gasteiger partial charge on any atom is -0.376 e. The lowest BCUT2D eigenvalue weighted by molar-refractivity contribution is -0.117. The number of carbonyl (C=O) groups is 1. The van der Waals surface area contributed by atoms with E-state index in [1.165, 1.54) is 6.08 Å². The van der Waals surface area contributed by atoms with E-state index in [9.17, 15) is 4.79 Å². The van der Waals surface area contributed by atoms with Gasteiger partial charge in [-0.05, 0) is 25.8 Å². The molecule has 1 aliphatic heterocycles. The molecule has 1 aliphatic rings. The smallest absolute Gasteiger partial charge is 0.243 e. The van der Waals surface area contributed by atoms with E-state index in [0.29, 0.717) is 0 Å².